The van der Waals surface area contributed by atoms with Crippen LogP contribution in [0.2, 0.25) is 10.0 Å². The maximum absolute atomic E-state index is 13.6. The van der Waals surface area contributed by atoms with Crippen LogP contribution in [-0.4, -0.2) is 45.7 Å². The molecular weight excluding hydrogens is 517 g/mol. The van der Waals surface area contributed by atoms with Crippen LogP contribution in [0.4, 0.5) is 23.4 Å². The lowest BCUT2D eigenvalue weighted by atomic mass is 10.1. The summed E-state index contributed by atoms with van der Waals surface area (Å²) in [4.78, 5) is 24.8. The van der Waals surface area contributed by atoms with Gasteiger partial charge in [-0.3, -0.25) is 9.59 Å². The van der Waals surface area contributed by atoms with Crippen molar-refractivity contribution in [1.82, 2.24) is 20.4 Å². The van der Waals surface area contributed by atoms with Gasteiger partial charge in [-0.25, -0.2) is 9.07 Å². The van der Waals surface area contributed by atoms with Gasteiger partial charge in [-0.1, -0.05) is 29.3 Å². The lowest BCUT2D eigenvalue weighted by Gasteiger charge is -2.26. The van der Waals surface area contributed by atoms with E-state index in [-0.39, 0.29) is 32.7 Å². The van der Waals surface area contributed by atoms with Crippen LogP contribution < -0.4 is 16.4 Å². The number of alkyl halides is 3. The molecule has 35 heavy (non-hydrogen) atoms. The van der Waals surface area contributed by atoms with Gasteiger partial charge in [0.1, 0.15) is 29.3 Å². The second-order valence-electron chi connectivity index (χ2n) is 7.20. The van der Waals surface area contributed by atoms with E-state index in [1.165, 1.54) is 30.3 Å². The second kappa shape index (κ2) is 10.5. The van der Waals surface area contributed by atoms with E-state index in [1.807, 2.05) is 5.32 Å². The number of halogens is 6. The average molecular weight is 534 g/mol. The number of nitrogens with one attached hydrogen (secondary N) is 2. The highest BCUT2D eigenvalue weighted by atomic mass is 35.5. The molecule has 186 valence electrons. The largest absolute Gasteiger partial charge is 0.397 e. The molecule has 2 unspecified atom stereocenters. The molecule has 5 N–H and O–H groups in total. The maximum atomic E-state index is 13.6. The highest BCUT2D eigenvalue weighted by molar-refractivity contribution is 6.39. The number of carbonyl (C=O) groups excluding carboxylic acids is 2. The Hall–Kier alpha value is -3.35. The SMILES string of the molecule is Nc1c(C(=O)NC(O)C(CNC(=O)c2c(Cl)cccc2Cl)C(F)(F)F)cnn1-c1ccc(F)cc1. The predicted molar refractivity (Wildman–Crippen MR) is 120 cm³/mol. The summed E-state index contributed by atoms with van der Waals surface area (Å²) in [7, 11) is 0. The summed E-state index contributed by atoms with van der Waals surface area (Å²) in [5.41, 5.74) is 5.58. The quantitative estimate of drug-likeness (QED) is 0.273. The molecule has 2 atom stereocenters. The number of anilines is 1. The molecule has 14 heteroatoms. The minimum absolute atomic E-state index is 0.0824. The normalized spacial score (nSPS) is 13.2. The third-order valence-electron chi connectivity index (χ3n) is 4.88. The number of aliphatic hydroxyl groups excluding tert-OH is 1. The van der Waals surface area contributed by atoms with E-state index < -0.39 is 42.5 Å². The monoisotopic (exact) mass is 533 g/mol. The molecule has 0 saturated heterocycles. The zero-order valence-corrected chi connectivity index (χ0v) is 19.0. The topological polar surface area (TPSA) is 122 Å². The lowest BCUT2D eigenvalue weighted by molar-refractivity contribution is -0.200. The number of carbonyl (C=O) groups is 2. The van der Waals surface area contributed by atoms with Crippen molar-refractivity contribution in [2.75, 3.05) is 12.3 Å². The molecule has 0 bridgehead atoms. The smallest absolute Gasteiger partial charge is 0.383 e. The molecule has 8 nitrogen and oxygen atoms in total. The Morgan fingerprint density at radius 2 is 1.69 bits per heavy atom. The second-order valence-corrected chi connectivity index (χ2v) is 8.02. The van der Waals surface area contributed by atoms with Crippen LogP contribution in [0.5, 0.6) is 0 Å². The van der Waals surface area contributed by atoms with Gasteiger partial charge in [0.25, 0.3) is 11.8 Å². The van der Waals surface area contributed by atoms with E-state index in [9.17, 15) is 32.3 Å². The van der Waals surface area contributed by atoms with Gasteiger partial charge in [-0.15, -0.1) is 0 Å². The Morgan fingerprint density at radius 1 is 1.09 bits per heavy atom. The number of nitrogens with zero attached hydrogens (tertiary/aromatic N) is 2. The fourth-order valence-corrected chi connectivity index (χ4v) is 3.61. The first-order valence-corrected chi connectivity index (χ1v) is 10.5. The average Bonchev–Trinajstić information content (AvgIpc) is 3.14. The van der Waals surface area contributed by atoms with Gasteiger partial charge in [0.2, 0.25) is 0 Å². The number of nitrogens with two attached hydrogens (primary N) is 1. The molecule has 1 aromatic heterocycles. The van der Waals surface area contributed by atoms with Crippen molar-refractivity contribution in [1.29, 1.82) is 0 Å². The molecule has 3 aromatic rings. The van der Waals surface area contributed by atoms with Crippen molar-refractivity contribution in [2.24, 2.45) is 5.92 Å². The van der Waals surface area contributed by atoms with E-state index in [0.717, 1.165) is 23.0 Å². The highest BCUT2D eigenvalue weighted by Crippen LogP contribution is 2.29. The molecule has 2 amide bonds. The number of amides is 2. The predicted octanol–water partition coefficient (Wildman–Crippen LogP) is 3.56. The van der Waals surface area contributed by atoms with Gasteiger partial charge >= 0.3 is 6.18 Å². The molecule has 2 aromatic carbocycles. The Morgan fingerprint density at radius 3 is 2.26 bits per heavy atom. The first kappa shape index (κ1) is 26.3. The van der Waals surface area contributed by atoms with Crippen molar-refractivity contribution in [3.05, 3.63) is 75.7 Å². The number of aromatic nitrogens is 2. The van der Waals surface area contributed by atoms with Crippen LogP contribution in [0.15, 0.2) is 48.7 Å². The van der Waals surface area contributed by atoms with Gasteiger partial charge < -0.3 is 21.5 Å². The third-order valence-corrected chi connectivity index (χ3v) is 5.51. The summed E-state index contributed by atoms with van der Waals surface area (Å²) in [6, 6.07) is 9.00. The van der Waals surface area contributed by atoms with Gasteiger partial charge in [0, 0.05) is 6.54 Å². The molecule has 0 aliphatic heterocycles. The number of nitrogen functional groups attached to an aromatic ring is 1. The van der Waals surface area contributed by atoms with E-state index in [0.29, 0.717) is 0 Å². The van der Waals surface area contributed by atoms with E-state index in [1.54, 1.807) is 5.32 Å². The van der Waals surface area contributed by atoms with Gasteiger partial charge in [0.15, 0.2) is 0 Å². The van der Waals surface area contributed by atoms with Crippen LogP contribution >= 0.6 is 23.2 Å². The highest BCUT2D eigenvalue weighted by Gasteiger charge is 2.45. The molecular formula is C21H17Cl2F4N5O3. The number of benzene rings is 2. The first-order valence-electron chi connectivity index (χ1n) is 9.77. The van der Waals surface area contributed by atoms with E-state index in [2.05, 4.69) is 5.10 Å². The minimum atomic E-state index is -5.02. The summed E-state index contributed by atoms with van der Waals surface area (Å²) in [5.74, 6) is -5.53. The number of hydrogen-bond donors (Lipinski definition) is 4. The van der Waals surface area contributed by atoms with Crippen molar-refractivity contribution >= 4 is 40.8 Å². The number of rotatable bonds is 7. The Balaban J connectivity index is 1.73. The van der Waals surface area contributed by atoms with Crippen LogP contribution in [0, 0.1) is 11.7 Å². The summed E-state index contributed by atoms with van der Waals surface area (Å²) >= 11 is 11.8. The Kier molecular flexibility index (Phi) is 7.88. The zero-order chi connectivity index (χ0) is 25.9. The van der Waals surface area contributed by atoms with Crippen LogP contribution in [0.3, 0.4) is 0 Å². The first-order chi connectivity index (χ1) is 16.4. The zero-order valence-electron chi connectivity index (χ0n) is 17.5. The van der Waals surface area contributed by atoms with Crippen molar-refractivity contribution in [3.8, 4) is 5.69 Å². The Bertz CT molecular complexity index is 1210. The van der Waals surface area contributed by atoms with Crippen LogP contribution in [0.25, 0.3) is 5.69 Å². The summed E-state index contributed by atoms with van der Waals surface area (Å²) in [6.45, 7) is -1.10. The van der Waals surface area contributed by atoms with Crippen LogP contribution in [0.1, 0.15) is 20.7 Å². The minimum Gasteiger partial charge on any atom is -0.383 e. The van der Waals surface area contributed by atoms with Crippen molar-refractivity contribution < 1.29 is 32.3 Å². The molecule has 0 radical (unpaired) electrons. The summed E-state index contributed by atoms with van der Waals surface area (Å²) in [6.07, 6.45) is -6.50. The molecule has 0 aliphatic rings. The Labute approximate surface area is 205 Å². The maximum Gasteiger partial charge on any atom is 0.397 e. The van der Waals surface area contributed by atoms with E-state index >= 15 is 0 Å². The number of aliphatic hydroxyl groups is 1. The van der Waals surface area contributed by atoms with Gasteiger partial charge in [-0.05, 0) is 36.4 Å². The molecule has 3 rings (SSSR count). The molecule has 0 spiro atoms. The van der Waals surface area contributed by atoms with Gasteiger partial charge in [-0.2, -0.15) is 18.3 Å². The van der Waals surface area contributed by atoms with Crippen LogP contribution in [-0.2, 0) is 0 Å². The fraction of sp³-hybridized carbons (Fsp3) is 0.190. The third kappa shape index (κ3) is 6.02. The standard InChI is InChI=1S/C21H17Cl2F4N5O3/c22-14-2-1-3-15(23)16(14)20(35)29-9-13(21(25,26)27)19(34)31-18(33)12-8-30-32(17(12)28)11-6-4-10(24)5-7-11/h1-8,13,19,34H,9,28H2,(H,29,35)(H,31,33). The van der Waals surface area contributed by atoms with E-state index in [4.69, 9.17) is 28.9 Å². The molecule has 0 saturated carbocycles. The van der Waals surface area contributed by atoms with Gasteiger partial charge in [0.05, 0.1) is 27.5 Å². The fourth-order valence-electron chi connectivity index (χ4n) is 3.05. The molecule has 1 heterocycles. The number of hydrogen-bond acceptors (Lipinski definition) is 5. The van der Waals surface area contributed by atoms with Crippen molar-refractivity contribution in [3.63, 3.8) is 0 Å². The molecule has 0 aliphatic carbocycles. The lowest BCUT2D eigenvalue weighted by Crippen LogP contribution is -2.50. The molecule has 0 fully saturated rings. The van der Waals surface area contributed by atoms with Crippen molar-refractivity contribution in [2.45, 2.75) is 12.4 Å². The summed E-state index contributed by atoms with van der Waals surface area (Å²) < 4.78 is 54.9. The summed E-state index contributed by atoms with van der Waals surface area (Å²) in [5, 5.41) is 17.7.